The van der Waals surface area contributed by atoms with Crippen LogP contribution in [0.3, 0.4) is 0 Å². The molecule has 2 aromatic rings. The van der Waals surface area contributed by atoms with Gasteiger partial charge in [0.1, 0.15) is 0 Å². The first-order valence-electron chi connectivity index (χ1n) is 6.52. The highest BCUT2D eigenvalue weighted by atomic mass is 15.3. The van der Waals surface area contributed by atoms with Crippen LogP contribution in [0.2, 0.25) is 0 Å². The largest absolute Gasteiger partial charge is 0.337 e. The van der Waals surface area contributed by atoms with E-state index in [1.807, 2.05) is 24.3 Å². The summed E-state index contributed by atoms with van der Waals surface area (Å²) < 4.78 is 4.07. The molecule has 0 unspecified atom stereocenters. The van der Waals surface area contributed by atoms with E-state index >= 15 is 0 Å². The van der Waals surface area contributed by atoms with Crippen molar-refractivity contribution >= 4 is 0 Å². The van der Waals surface area contributed by atoms with Gasteiger partial charge in [0, 0.05) is 50.7 Å². The first-order valence-corrected chi connectivity index (χ1v) is 6.52. The van der Waals surface area contributed by atoms with Crippen molar-refractivity contribution in [3.63, 3.8) is 0 Å². The molecule has 2 aromatic heterocycles. The number of nitrogens with one attached hydrogen (secondary N) is 1. The molecule has 1 aliphatic carbocycles. The lowest BCUT2D eigenvalue weighted by Crippen LogP contribution is -2.15. The molecule has 2 heterocycles. The SMILES string of the molecule is Cn1nccc1CCn1cnc(CNC2CC2)c1. The monoisotopic (exact) mass is 245 g/mol. The Bertz CT molecular complexity index is 509. The van der Waals surface area contributed by atoms with E-state index < -0.39 is 0 Å². The van der Waals surface area contributed by atoms with Gasteiger partial charge >= 0.3 is 0 Å². The molecule has 1 fully saturated rings. The molecular formula is C13H19N5. The number of hydrogen-bond donors (Lipinski definition) is 1. The summed E-state index contributed by atoms with van der Waals surface area (Å²) in [6.07, 6.45) is 9.52. The van der Waals surface area contributed by atoms with Gasteiger partial charge in [-0.3, -0.25) is 4.68 Å². The standard InChI is InChI=1S/C13H19N5/c1-17-13(4-6-16-17)5-7-18-9-12(15-10-18)8-14-11-2-3-11/h4,6,9-11,14H,2-3,5,7-8H2,1H3. The summed E-state index contributed by atoms with van der Waals surface area (Å²) in [5.74, 6) is 0. The maximum atomic E-state index is 4.42. The van der Waals surface area contributed by atoms with Crippen molar-refractivity contribution in [1.29, 1.82) is 0 Å². The third kappa shape index (κ3) is 2.79. The van der Waals surface area contributed by atoms with Crippen molar-refractivity contribution in [1.82, 2.24) is 24.6 Å². The van der Waals surface area contributed by atoms with Crippen LogP contribution in [0.4, 0.5) is 0 Å². The van der Waals surface area contributed by atoms with Crippen LogP contribution in [0.1, 0.15) is 24.2 Å². The molecule has 3 rings (SSSR count). The van der Waals surface area contributed by atoms with Gasteiger partial charge in [0.05, 0.1) is 12.0 Å². The minimum absolute atomic E-state index is 0.740. The van der Waals surface area contributed by atoms with Crippen LogP contribution in [0, 0.1) is 0 Å². The molecule has 0 radical (unpaired) electrons. The molecule has 0 spiro atoms. The Morgan fingerprint density at radius 3 is 3.06 bits per heavy atom. The fourth-order valence-electron chi connectivity index (χ4n) is 2.05. The number of aryl methyl sites for hydroxylation is 3. The van der Waals surface area contributed by atoms with Crippen molar-refractivity contribution in [2.75, 3.05) is 0 Å². The van der Waals surface area contributed by atoms with Crippen molar-refractivity contribution in [2.45, 2.75) is 38.4 Å². The lowest BCUT2D eigenvalue weighted by atomic mass is 10.3. The molecule has 0 bridgehead atoms. The minimum atomic E-state index is 0.740. The van der Waals surface area contributed by atoms with Gasteiger partial charge in [-0.2, -0.15) is 5.10 Å². The predicted octanol–water partition coefficient (Wildman–Crippen LogP) is 1.11. The second kappa shape index (κ2) is 4.94. The molecule has 0 aromatic carbocycles. The van der Waals surface area contributed by atoms with E-state index in [1.165, 1.54) is 18.5 Å². The molecule has 1 N–H and O–H groups in total. The highest BCUT2D eigenvalue weighted by Crippen LogP contribution is 2.18. The number of rotatable bonds is 6. The lowest BCUT2D eigenvalue weighted by Gasteiger charge is -2.02. The van der Waals surface area contributed by atoms with E-state index in [9.17, 15) is 0 Å². The fraction of sp³-hybridized carbons (Fsp3) is 0.538. The number of nitrogens with zero attached hydrogens (tertiary/aromatic N) is 4. The van der Waals surface area contributed by atoms with Gasteiger partial charge in [0.2, 0.25) is 0 Å². The van der Waals surface area contributed by atoms with E-state index in [4.69, 9.17) is 0 Å². The number of hydrogen-bond acceptors (Lipinski definition) is 3. The second-order valence-electron chi connectivity index (χ2n) is 4.95. The van der Waals surface area contributed by atoms with E-state index in [1.54, 1.807) is 0 Å². The molecule has 0 saturated heterocycles. The summed E-state index contributed by atoms with van der Waals surface area (Å²) in [5.41, 5.74) is 2.38. The van der Waals surface area contributed by atoms with Crippen LogP contribution >= 0.6 is 0 Å². The van der Waals surface area contributed by atoms with Gasteiger partial charge in [0.15, 0.2) is 0 Å². The molecule has 1 aliphatic rings. The van der Waals surface area contributed by atoms with E-state index in [0.29, 0.717) is 0 Å². The average Bonchev–Trinajstić information content (AvgIpc) is 2.94. The van der Waals surface area contributed by atoms with Crippen molar-refractivity contribution in [3.05, 3.63) is 36.2 Å². The normalized spacial score (nSPS) is 15.2. The molecule has 5 heteroatoms. The van der Waals surface area contributed by atoms with Gasteiger partial charge in [-0.1, -0.05) is 0 Å². The van der Waals surface area contributed by atoms with E-state index in [0.717, 1.165) is 31.2 Å². The Hall–Kier alpha value is -1.62. The second-order valence-corrected chi connectivity index (χ2v) is 4.95. The molecule has 1 saturated carbocycles. The van der Waals surface area contributed by atoms with Gasteiger partial charge in [-0.25, -0.2) is 4.98 Å². The zero-order valence-electron chi connectivity index (χ0n) is 10.7. The summed E-state index contributed by atoms with van der Waals surface area (Å²) in [5, 5.41) is 7.65. The topological polar surface area (TPSA) is 47.7 Å². The Kier molecular flexibility index (Phi) is 3.15. The third-order valence-electron chi connectivity index (χ3n) is 3.38. The molecule has 18 heavy (non-hydrogen) atoms. The Morgan fingerprint density at radius 1 is 1.44 bits per heavy atom. The Morgan fingerprint density at radius 2 is 2.33 bits per heavy atom. The quantitative estimate of drug-likeness (QED) is 0.829. The highest BCUT2D eigenvalue weighted by molar-refractivity contribution is 5.02. The molecule has 0 aliphatic heterocycles. The van der Waals surface area contributed by atoms with E-state index in [2.05, 4.69) is 32.2 Å². The van der Waals surface area contributed by atoms with Crippen LogP contribution in [0.5, 0.6) is 0 Å². The van der Waals surface area contributed by atoms with E-state index in [-0.39, 0.29) is 0 Å². The fourth-order valence-corrected chi connectivity index (χ4v) is 2.05. The molecule has 0 atom stereocenters. The number of aromatic nitrogens is 4. The zero-order chi connectivity index (χ0) is 12.4. The lowest BCUT2D eigenvalue weighted by molar-refractivity contribution is 0.634. The van der Waals surface area contributed by atoms with Gasteiger partial charge in [0.25, 0.3) is 0 Å². The first kappa shape index (κ1) is 11.5. The highest BCUT2D eigenvalue weighted by Gasteiger charge is 2.20. The first-order chi connectivity index (χ1) is 8.81. The Labute approximate surface area is 107 Å². The molecule has 0 amide bonds. The maximum absolute atomic E-state index is 4.42. The van der Waals surface area contributed by atoms with Gasteiger partial charge < -0.3 is 9.88 Å². The van der Waals surface area contributed by atoms with Gasteiger partial charge in [-0.15, -0.1) is 0 Å². The van der Waals surface area contributed by atoms with Crippen molar-refractivity contribution in [2.24, 2.45) is 7.05 Å². The zero-order valence-corrected chi connectivity index (χ0v) is 10.7. The molecule has 96 valence electrons. The summed E-state index contributed by atoms with van der Waals surface area (Å²) in [4.78, 5) is 4.42. The maximum Gasteiger partial charge on any atom is 0.0950 e. The summed E-state index contributed by atoms with van der Waals surface area (Å²) >= 11 is 0. The van der Waals surface area contributed by atoms with Crippen LogP contribution in [-0.4, -0.2) is 25.4 Å². The summed E-state index contributed by atoms with van der Waals surface area (Å²) in [6, 6.07) is 2.80. The smallest absolute Gasteiger partial charge is 0.0950 e. The van der Waals surface area contributed by atoms with Gasteiger partial charge in [-0.05, 0) is 18.9 Å². The number of imidazole rings is 1. The summed E-state index contributed by atoms with van der Waals surface area (Å²) in [6.45, 7) is 1.85. The van der Waals surface area contributed by atoms with Crippen LogP contribution < -0.4 is 5.32 Å². The van der Waals surface area contributed by atoms with Crippen LogP contribution in [-0.2, 0) is 26.6 Å². The van der Waals surface area contributed by atoms with Crippen LogP contribution in [0.15, 0.2) is 24.8 Å². The molecule has 5 nitrogen and oxygen atoms in total. The third-order valence-corrected chi connectivity index (χ3v) is 3.38. The molecular weight excluding hydrogens is 226 g/mol. The summed E-state index contributed by atoms with van der Waals surface area (Å²) in [7, 11) is 1.98. The van der Waals surface area contributed by atoms with Crippen molar-refractivity contribution in [3.8, 4) is 0 Å². The Balaban J connectivity index is 1.51. The van der Waals surface area contributed by atoms with Crippen molar-refractivity contribution < 1.29 is 0 Å². The average molecular weight is 245 g/mol. The minimum Gasteiger partial charge on any atom is -0.337 e. The predicted molar refractivity (Wildman–Crippen MR) is 69.0 cm³/mol. The van der Waals surface area contributed by atoms with Crippen LogP contribution in [0.25, 0.3) is 0 Å².